The van der Waals surface area contributed by atoms with Crippen molar-refractivity contribution in [2.24, 2.45) is 5.92 Å². The predicted molar refractivity (Wildman–Crippen MR) is 143 cm³/mol. The lowest BCUT2D eigenvalue weighted by Gasteiger charge is -2.28. The maximum Gasteiger partial charge on any atom is 0.225 e. The first-order valence-corrected chi connectivity index (χ1v) is 13.1. The number of halogens is 2. The second-order valence-corrected chi connectivity index (χ2v) is 11.2. The molecule has 4 atom stereocenters. The lowest BCUT2D eigenvalue weighted by molar-refractivity contribution is -0.0601. The van der Waals surface area contributed by atoms with Crippen LogP contribution in [-0.4, -0.2) is 54.1 Å². The summed E-state index contributed by atoms with van der Waals surface area (Å²) in [5.41, 5.74) is 0.645. The predicted octanol–water partition coefficient (Wildman–Crippen LogP) is 4.25. The summed E-state index contributed by atoms with van der Waals surface area (Å²) in [4.78, 5) is 13.9. The highest BCUT2D eigenvalue weighted by atomic mass is 32.1. The monoisotopic (exact) mass is 541 g/mol. The number of hydrogen-bond acceptors (Lipinski definition) is 9. The van der Waals surface area contributed by atoms with Gasteiger partial charge in [0.15, 0.2) is 0 Å². The number of fused-ring (bicyclic) bond motifs is 1. The van der Waals surface area contributed by atoms with E-state index in [4.69, 9.17) is 4.98 Å². The van der Waals surface area contributed by atoms with E-state index in [9.17, 15) is 24.1 Å². The van der Waals surface area contributed by atoms with Crippen molar-refractivity contribution in [1.82, 2.24) is 15.0 Å². The van der Waals surface area contributed by atoms with Gasteiger partial charge in [0.25, 0.3) is 0 Å². The molecule has 5 N–H and O–H groups in total. The first kappa shape index (κ1) is 26.4. The molecular formula is C27H29F2N5O3S. The van der Waals surface area contributed by atoms with Crippen LogP contribution in [0.2, 0.25) is 0 Å². The molecule has 38 heavy (non-hydrogen) atoms. The normalized spacial score (nSPS) is 21.7. The van der Waals surface area contributed by atoms with E-state index in [2.05, 4.69) is 20.6 Å². The summed E-state index contributed by atoms with van der Waals surface area (Å²) in [6.45, 7) is 4.80. The highest BCUT2D eigenvalue weighted by molar-refractivity contribution is 7.21. The molecule has 0 saturated heterocycles. The Morgan fingerprint density at radius 3 is 2.37 bits per heavy atom. The minimum absolute atomic E-state index is 0.129. The minimum atomic E-state index is -1.20. The first-order valence-electron chi connectivity index (χ1n) is 12.3. The maximum absolute atomic E-state index is 14.2. The summed E-state index contributed by atoms with van der Waals surface area (Å²) in [7, 11) is 0. The molecule has 1 fully saturated rings. The smallest absolute Gasteiger partial charge is 0.225 e. The number of aryl methyl sites for hydroxylation is 1. The van der Waals surface area contributed by atoms with Gasteiger partial charge in [0.1, 0.15) is 28.6 Å². The fourth-order valence-electron chi connectivity index (χ4n) is 4.91. The number of aliphatic hydroxyl groups excluding tert-OH is 2. The van der Waals surface area contributed by atoms with Crippen LogP contribution in [0.3, 0.4) is 0 Å². The van der Waals surface area contributed by atoms with Crippen molar-refractivity contribution in [3.05, 3.63) is 65.4 Å². The van der Waals surface area contributed by atoms with Gasteiger partial charge >= 0.3 is 0 Å². The zero-order valence-corrected chi connectivity index (χ0v) is 21.9. The van der Waals surface area contributed by atoms with Crippen LogP contribution in [0.1, 0.15) is 31.5 Å². The Balaban J connectivity index is 1.53. The quantitative estimate of drug-likeness (QED) is 0.235. The number of hydrogen-bond donors (Lipinski definition) is 5. The van der Waals surface area contributed by atoms with Gasteiger partial charge in [0, 0.05) is 18.0 Å². The third kappa shape index (κ3) is 5.06. The van der Waals surface area contributed by atoms with Crippen molar-refractivity contribution in [3.8, 4) is 10.6 Å². The SMILES string of the molecule is Cc1nc(NCc2c(F)cccc2F)nc(NC2CC(C(C)(C)O)C(O)C2O)c1-c1nc2ccccc2s1. The largest absolute Gasteiger partial charge is 0.390 e. The number of nitrogens with one attached hydrogen (secondary N) is 2. The first-order chi connectivity index (χ1) is 18.0. The summed E-state index contributed by atoms with van der Waals surface area (Å²) in [6.07, 6.45) is -2.01. The molecule has 2 aromatic heterocycles. The van der Waals surface area contributed by atoms with Crippen LogP contribution in [0.5, 0.6) is 0 Å². The van der Waals surface area contributed by atoms with Crippen LogP contribution in [-0.2, 0) is 6.54 Å². The molecule has 2 aromatic carbocycles. The van der Waals surface area contributed by atoms with Crippen LogP contribution in [0.15, 0.2) is 42.5 Å². The van der Waals surface area contributed by atoms with E-state index in [1.807, 2.05) is 24.3 Å². The number of rotatable bonds is 7. The zero-order chi connectivity index (χ0) is 27.2. The Morgan fingerprint density at radius 1 is 1.00 bits per heavy atom. The van der Waals surface area contributed by atoms with Gasteiger partial charge in [-0.05, 0) is 51.5 Å². The molecule has 0 bridgehead atoms. The number of aliphatic hydroxyl groups is 3. The summed E-state index contributed by atoms with van der Waals surface area (Å²) in [6, 6.07) is 10.7. The average molecular weight is 542 g/mol. The molecule has 2 heterocycles. The molecule has 1 saturated carbocycles. The maximum atomic E-state index is 14.2. The number of anilines is 2. The molecule has 4 aromatic rings. The Morgan fingerprint density at radius 2 is 1.71 bits per heavy atom. The molecule has 11 heteroatoms. The molecule has 0 radical (unpaired) electrons. The zero-order valence-electron chi connectivity index (χ0n) is 21.1. The Kier molecular flexibility index (Phi) is 7.03. The molecule has 0 amide bonds. The van der Waals surface area contributed by atoms with Crippen LogP contribution in [0, 0.1) is 24.5 Å². The van der Waals surface area contributed by atoms with Crippen molar-refractivity contribution in [1.29, 1.82) is 0 Å². The minimum Gasteiger partial charge on any atom is -0.390 e. The van der Waals surface area contributed by atoms with Crippen molar-refractivity contribution in [3.63, 3.8) is 0 Å². The number of aromatic nitrogens is 3. The number of thiazole rings is 1. The standard InChI is InChI=1S/C27H29F2N5O3S/c1-13-21(25-33-18-9-4-5-10-20(18)38-25)24(32-19-11-15(27(2,3)37)22(35)23(19)36)34-26(31-13)30-12-14-16(28)7-6-8-17(14)29/h4-10,15,19,22-23,35-37H,11-12H2,1-3H3,(H2,30,31,32,34). The molecular weight excluding hydrogens is 512 g/mol. The number of para-hydroxylation sites is 1. The van der Waals surface area contributed by atoms with Gasteiger partial charge in [-0.3, -0.25) is 0 Å². The Labute approximate surface area is 222 Å². The van der Waals surface area contributed by atoms with E-state index < -0.39 is 41.4 Å². The fourth-order valence-corrected chi connectivity index (χ4v) is 5.98. The third-order valence-corrected chi connectivity index (χ3v) is 8.05. The highest BCUT2D eigenvalue weighted by Gasteiger charge is 2.48. The molecule has 5 rings (SSSR count). The van der Waals surface area contributed by atoms with Crippen LogP contribution in [0.4, 0.5) is 20.5 Å². The van der Waals surface area contributed by atoms with Gasteiger partial charge in [-0.1, -0.05) is 18.2 Å². The van der Waals surface area contributed by atoms with Crippen LogP contribution >= 0.6 is 11.3 Å². The molecule has 1 aliphatic rings. The highest BCUT2D eigenvalue weighted by Crippen LogP contribution is 2.40. The van der Waals surface area contributed by atoms with Gasteiger partial charge in [0.2, 0.25) is 5.95 Å². The molecule has 200 valence electrons. The molecule has 1 aliphatic carbocycles. The summed E-state index contributed by atoms with van der Waals surface area (Å²) < 4.78 is 29.3. The van der Waals surface area contributed by atoms with Crippen molar-refractivity contribution < 1.29 is 24.1 Å². The van der Waals surface area contributed by atoms with E-state index in [0.29, 0.717) is 22.1 Å². The topological polar surface area (TPSA) is 123 Å². The molecule has 4 unspecified atom stereocenters. The summed E-state index contributed by atoms with van der Waals surface area (Å²) >= 11 is 1.46. The molecule has 0 aliphatic heterocycles. The Hall–Kier alpha value is -3.25. The van der Waals surface area contributed by atoms with E-state index in [1.165, 1.54) is 29.5 Å². The van der Waals surface area contributed by atoms with Crippen molar-refractivity contribution in [2.45, 2.75) is 57.6 Å². The summed E-state index contributed by atoms with van der Waals surface area (Å²) in [5, 5.41) is 38.7. The van der Waals surface area contributed by atoms with Gasteiger partial charge < -0.3 is 26.0 Å². The van der Waals surface area contributed by atoms with Gasteiger partial charge in [-0.2, -0.15) is 4.98 Å². The van der Waals surface area contributed by atoms with Crippen LogP contribution in [0.25, 0.3) is 20.8 Å². The van der Waals surface area contributed by atoms with Crippen LogP contribution < -0.4 is 10.6 Å². The lowest BCUT2D eigenvalue weighted by Crippen LogP contribution is -2.40. The van der Waals surface area contributed by atoms with E-state index in [-0.39, 0.29) is 24.5 Å². The molecule has 0 spiro atoms. The number of benzene rings is 2. The fraction of sp³-hybridized carbons (Fsp3) is 0.370. The van der Waals surface area contributed by atoms with Gasteiger partial charge in [0.05, 0.1) is 39.2 Å². The Bertz CT molecular complexity index is 1420. The van der Waals surface area contributed by atoms with Gasteiger partial charge in [-0.15, -0.1) is 11.3 Å². The third-order valence-electron chi connectivity index (χ3n) is 6.99. The number of nitrogens with zero attached hydrogens (tertiary/aromatic N) is 3. The second-order valence-electron chi connectivity index (χ2n) is 10.1. The van der Waals surface area contributed by atoms with Gasteiger partial charge in [-0.25, -0.2) is 18.7 Å². The van der Waals surface area contributed by atoms with E-state index in [0.717, 1.165) is 10.2 Å². The summed E-state index contributed by atoms with van der Waals surface area (Å²) in [5.74, 6) is -1.45. The lowest BCUT2D eigenvalue weighted by atomic mass is 9.88. The van der Waals surface area contributed by atoms with Crippen molar-refractivity contribution >= 4 is 33.3 Å². The van der Waals surface area contributed by atoms with E-state index >= 15 is 0 Å². The second kappa shape index (κ2) is 10.1. The molecule has 8 nitrogen and oxygen atoms in total. The van der Waals surface area contributed by atoms with E-state index in [1.54, 1.807) is 20.8 Å². The van der Waals surface area contributed by atoms with Crippen molar-refractivity contribution in [2.75, 3.05) is 10.6 Å². The average Bonchev–Trinajstić information content (AvgIpc) is 3.40.